The topological polar surface area (TPSA) is 56.8 Å². The largest absolute Gasteiger partial charge is 0.247 e. The monoisotopic (exact) mass is 188 g/mol. The van der Waals surface area contributed by atoms with Crippen LogP contribution in [0, 0.1) is 22.7 Å². The fourth-order valence-corrected chi connectivity index (χ4v) is 1.44. The summed E-state index contributed by atoms with van der Waals surface area (Å²) in [6.07, 6.45) is 1.01. The van der Waals surface area contributed by atoms with Crippen LogP contribution in [0.25, 0.3) is 0 Å². The summed E-state index contributed by atoms with van der Waals surface area (Å²) in [4.78, 5) is 0. The molecule has 0 rings (SSSR count). The minimum absolute atomic E-state index is 0.503. The fraction of sp³-hybridized carbons (Fsp3) is 0.667. The zero-order chi connectivity index (χ0) is 8.36. The third-order valence-corrected chi connectivity index (χ3v) is 2.20. The van der Waals surface area contributed by atoms with Crippen molar-refractivity contribution in [1.29, 1.82) is 10.5 Å². The van der Waals surface area contributed by atoms with E-state index in [4.69, 9.17) is 14.2 Å². The van der Waals surface area contributed by atoms with Gasteiger partial charge in [0.2, 0.25) is 0 Å². The number of nitriles is 2. The van der Waals surface area contributed by atoms with E-state index in [1.165, 1.54) is 24.1 Å². The summed E-state index contributed by atoms with van der Waals surface area (Å²) >= 11 is 2.52. The molecule has 3 nitrogen and oxygen atoms in total. The van der Waals surface area contributed by atoms with Gasteiger partial charge in [-0.05, 0) is 0 Å². The molecule has 0 saturated carbocycles. The Bertz CT molecular complexity index is 143. The lowest BCUT2D eigenvalue weighted by atomic mass is 10.6. The molecule has 0 aromatic carbocycles. The molecule has 0 aromatic rings. The van der Waals surface area contributed by atoms with E-state index in [2.05, 4.69) is 0 Å². The van der Waals surface area contributed by atoms with Crippen molar-refractivity contribution >= 4 is 24.1 Å². The third-order valence-electron chi connectivity index (χ3n) is 0.691. The summed E-state index contributed by atoms with van der Waals surface area (Å²) in [5, 5.41) is 16.3. The number of nitrogens with zero attached hydrogens (tertiary/aromatic N) is 2. The summed E-state index contributed by atoms with van der Waals surface area (Å²) in [6.45, 7) is 0. The minimum atomic E-state index is 0.503. The van der Waals surface area contributed by atoms with Gasteiger partial charge in [0.05, 0.1) is 12.1 Å². The first-order valence-corrected chi connectivity index (χ1v) is 4.89. The maximum absolute atomic E-state index is 8.14. The molecule has 0 bridgehead atoms. The van der Waals surface area contributed by atoms with E-state index in [1.54, 1.807) is 0 Å². The highest BCUT2D eigenvalue weighted by molar-refractivity contribution is 8.07. The normalized spacial score (nSPS) is 8.55. The molecule has 5 heteroatoms. The van der Waals surface area contributed by atoms with Crippen molar-refractivity contribution in [3.8, 4) is 12.1 Å². The van der Waals surface area contributed by atoms with Crippen molar-refractivity contribution in [2.24, 2.45) is 0 Å². The molecule has 0 amide bonds. The third kappa shape index (κ3) is 9.64. The number of hydrogen-bond acceptors (Lipinski definition) is 5. The van der Waals surface area contributed by atoms with E-state index >= 15 is 0 Å². The van der Waals surface area contributed by atoms with Crippen molar-refractivity contribution in [2.75, 3.05) is 11.5 Å². The summed E-state index contributed by atoms with van der Waals surface area (Å²) in [5.41, 5.74) is 0. The highest BCUT2D eigenvalue weighted by Gasteiger charge is 1.90. The van der Waals surface area contributed by atoms with Gasteiger partial charge in [-0.15, -0.1) is 0 Å². The minimum Gasteiger partial charge on any atom is -0.247 e. The first-order valence-electron chi connectivity index (χ1n) is 3.07. The standard InChI is InChI=1S/C6H8N2OS2/c7-3-1-5-10-9-11-6-2-4-8/h1-2,5-6H2. The Morgan fingerprint density at radius 3 is 1.82 bits per heavy atom. The molecule has 60 valence electrons. The van der Waals surface area contributed by atoms with Crippen LogP contribution in [0.2, 0.25) is 0 Å². The summed E-state index contributed by atoms with van der Waals surface area (Å²) < 4.78 is 4.97. The van der Waals surface area contributed by atoms with Gasteiger partial charge in [0, 0.05) is 48.4 Å². The molecule has 0 aliphatic carbocycles. The molecule has 0 unspecified atom stereocenters. The van der Waals surface area contributed by atoms with E-state index < -0.39 is 0 Å². The first kappa shape index (κ1) is 10.6. The molecule has 11 heavy (non-hydrogen) atoms. The molecule has 0 aromatic heterocycles. The lowest BCUT2D eigenvalue weighted by Gasteiger charge is -1.95. The van der Waals surface area contributed by atoms with Gasteiger partial charge in [-0.1, -0.05) is 0 Å². The highest BCUT2D eigenvalue weighted by Crippen LogP contribution is 2.15. The Balaban J connectivity index is 2.82. The Morgan fingerprint density at radius 1 is 1.00 bits per heavy atom. The summed E-state index contributed by atoms with van der Waals surface area (Å²) in [5.74, 6) is 1.38. The van der Waals surface area contributed by atoms with E-state index in [-0.39, 0.29) is 0 Å². The van der Waals surface area contributed by atoms with Gasteiger partial charge in [0.15, 0.2) is 0 Å². The Labute approximate surface area is 75.1 Å². The van der Waals surface area contributed by atoms with Crippen LogP contribution in [0.5, 0.6) is 0 Å². The van der Waals surface area contributed by atoms with E-state index in [0.29, 0.717) is 24.3 Å². The summed E-state index contributed by atoms with van der Waals surface area (Å²) in [6, 6.07) is 4.01. The van der Waals surface area contributed by atoms with Crippen LogP contribution in [0.4, 0.5) is 0 Å². The van der Waals surface area contributed by atoms with Gasteiger partial charge >= 0.3 is 0 Å². The second-order valence-electron chi connectivity index (χ2n) is 1.53. The van der Waals surface area contributed by atoms with Crippen LogP contribution in [0.3, 0.4) is 0 Å². The van der Waals surface area contributed by atoms with E-state index in [0.717, 1.165) is 0 Å². The van der Waals surface area contributed by atoms with Crippen LogP contribution in [-0.4, -0.2) is 11.5 Å². The average Bonchev–Trinajstić information content (AvgIpc) is 2.03. The van der Waals surface area contributed by atoms with E-state index in [1.807, 2.05) is 12.1 Å². The zero-order valence-electron chi connectivity index (χ0n) is 5.95. The predicted octanol–water partition coefficient (Wildman–Crippen LogP) is 2.13. The first-order chi connectivity index (χ1) is 5.41. The van der Waals surface area contributed by atoms with Crippen molar-refractivity contribution < 1.29 is 3.63 Å². The van der Waals surface area contributed by atoms with Crippen molar-refractivity contribution in [2.45, 2.75) is 12.8 Å². The number of rotatable bonds is 6. The lowest BCUT2D eigenvalue weighted by Crippen LogP contribution is -1.77. The fourth-order valence-electron chi connectivity index (χ4n) is 0.277. The molecule has 0 saturated heterocycles. The molecule has 0 aliphatic rings. The maximum atomic E-state index is 8.14. The van der Waals surface area contributed by atoms with Crippen molar-refractivity contribution in [1.82, 2.24) is 0 Å². The Morgan fingerprint density at radius 2 is 1.45 bits per heavy atom. The van der Waals surface area contributed by atoms with Gasteiger partial charge in [-0.25, -0.2) is 3.63 Å². The Hall–Kier alpha value is -0.360. The lowest BCUT2D eigenvalue weighted by molar-refractivity contribution is 0.755. The second kappa shape index (κ2) is 9.64. The highest BCUT2D eigenvalue weighted by atomic mass is 32.2. The molecule has 0 radical (unpaired) electrons. The molecule has 0 aliphatic heterocycles. The van der Waals surface area contributed by atoms with Crippen LogP contribution in [0.15, 0.2) is 0 Å². The van der Waals surface area contributed by atoms with Crippen LogP contribution in [-0.2, 0) is 3.63 Å². The average molecular weight is 188 g/mol. The van der Waals surface area contributed by atoms with Crippen LogP contribution < -0.4 is 0 Å². The molecule has 0 spiro atoms. The quantitative estimate of drug-likeness (QED) is 0.472. The molecule has 0 heterocycles. The molecular weight excluding hydrogens is 180 g/mol. The van der Waals surface area contributed by atoms with Gasteiger partial charge in [0.25, 0.3) is 0 Å². The molecule has 0 fully saturated rings. The predicted molar refractivity (Wildman–Crippen MR) is 46.5 cm³/mol. The zero-order valence-corrected chi connectivity index (χ0v) is 7.58. The summed E-state index contributed by atoms with van der Waals surface area (Å²) in [7, 11) is 0. The van der Waals surface area contributed by atoms with Crippen LogP contribution >= 0.6 is 24.1 Å². The molecular formula is C6H8N2OS2. The smallest absolute Gasteiger partial charge is 0.0631 e. The van der Waals surface area contributed by atoms with Gasteiger partial charge < -0.3 is 0 Å². The maximum Gasteiger partial charge on any atom is 0.0631 e. The van der Waals surface area contributed by atoms with Gasteiger partial charge in [-0.3, -0.25) is 0 Å². The van der Waals surface area contributed by atoms with Crippen molar-refractivity contribution in [3.63, 3.8) is 0 Å². The van der Waals surface area contributed by atoms with Gasteiger partial charge in [-0.2, -0.15) is 10.5 Å². The SMILES string of the molecule is N#CCCSOSCCC#N. The van der Waals surface area contributed by atoms with Crippen LogP contribution in [0.1, 0.15) is 12.8 Å². The Kier molecular flexibility index (Phi) is 9.32. The second-order valence-corrected chi connectivity index (χ2v) is 3.36. The molecule has 0 N–H and O–H groups in total. The molecule has 0 atom stereocenters. The number of hydrogen-bond donors (Lipinski definition) is 0. The van der Waals surface area contributed by atoms with Gasteiger partial charge in [0.1, 0.15) is 0 Å². The van der Waals surface area contributed by atoms with E-state index in [9.17, 15) is 0 Å². The van der Waals surface area contributed by atoms with Crippen molar-refractivity contribution in [3.05, 3.63) is 0 Å².